The molecule has 1 aliphatic carbocycles. The van der Waals surface area contributed by atoms with Gasteiger partial charge in [-0.2, -0.15) is 0 Å². The van der Waals surface area contributed by atoms with Crippen LogP contribution in [0.3, 0.4) is 0 Å². The highest BCUT2D eigenvalue weighted by molar-refractivity contribution is 5.97. The van der Waals surface area contributed by atoms with Gasteiger partial charge in [0.25, 0.3) is 5.91 Å². The molecular weight excluding hydrogens is 290 g/mol. The van der Waals surface area contributed by atoms with E-state index in [9.17, 15) is 4.79 Å². The van der Waals surface area contributed by atoms with Gasteiger partial charge < -0.3 is 14.8 Å². The van der Waals surface area contributed by atoms with Crippen LogP contribution in [0.15, 0.2) is 12.1 Å². The summed E-state index contributed by atoms with van der Waals surface area (Å²) in [6, 6.07) is 3.94. The van der Waals surface area contributed by atoms with E-state index in [0.29, 0.717) is 12.5 Å². The molecule has 1 aromatic rings. The van der Waals surface area contributed by atoms with E-state index in [4.69, 9.17) is 9.47 Å². The molecule has 1 aromatic carbocycles. The molecule has 1 N–H and O–H groups in total. The van der Waals surface area contributed by atoms with Gasteiger partial charge in [0.2, 0.25) is 0 Å². The zero-order chi connectivity index (χ0) is 17.0. The lowest BCUT2D eigenvalue weighted by Crippen LogP contribution is -2.42. The highest BCUT2D eigenvalue weighted by Crippen LogP contribution is 2.34. The summed E-state index contributed by atoms with van der Waals surface area (Å²) in [5, 5.41) is 3.03. The van der Waals surface area contributed by atoms with Gasteiger partial charge in [0.15, 0.2) is 0 Å². The number of hydrogen-bond acceptors (Lipinski definition) is 3. The fraction of sp³-hybridized carbons (Fsp3) is 0.632. The molecule has 1 aliphatic rings. The van der Waals surface area contributed by atoms with Crippen molar-refractivity contribution in [3.05, 3.63) is 23.3 Å². The number of anilines is 1. The predicted molar refractivity (Wildman–Crippen MR) is 93.1 cm³/mol. The molecule has 0 spiro atoms. The molecule has 1 amide bonds. The van der Waals surface area contributed by atoms with Gasteiger partial charge in [-0.15, -0.1) is 0 Å². The molecule has 4 heteroatoms. The third-order valence-corrected chi connectivity index (χ3v) is 4.49. The van der Waals surface area contributed by atoms with Crippen molar-refractivity contribution in [2.45, 2.75) is 59.0 Å². The lowest BCUT2D eigenvalue weighted by Gasteiger charge is -2.26. The van der Waals surface area contributed by atoms with Crippen LogP contribution in [-0.2, 0) is 9.53 Å². The van der Waals surface area contributed by atoms with Crippen LogP contribution in [0.25, 0.3) is 0 Å². The van der Waals surface area contributed by atoms with Crippen LogP contribution >= 0.6 is 0 Å². The van der Waals surface area contributed by atoms with Gasteiger partial charge in [-0.05, 0) is 68.7 Å². The maximum atomic E-state index is 12.6. The fourth-order valence-electron chi connectivity index (χ4n) is 3.22. The van der Waals surface area contributed by atoms with Gasteiger partial charge >= 0.3 is 0 Å². The Hall–Kier alpha value is -1.55. The molecule has 0 radical (unpaired) electrons. The first-order valence-electron chi connectivity index (χ1n) is 8.48. The number of aryl methyl sites for hydroxylation is 2. The van der Waals surface area contributed by atoms with Crippen LogP contribution in [0.5, 0.6) is 5.75 Å². The zero-order valence-electron chi connectivity index (χ0n) is 15.0. The number of carbonyl (C=O) groups is 1. The molecule has 23 heavy (non-hydrogen) atoms. The maximum absolute atomic E-state index is 12.6. The Balaban J connectivity index is 2.13. The van der Waals surface area contributed by atoms with E-state index in [1.165, 1.54) is 0 Å². The van der Waals surface area contributed by atoms with Crippen LogP contribution in [0.1, 0.15) is 50.7 Å². The third-order valence-electron chi connectivity index (χ3n) is 4.49. The Kier molecular flexibility index (Phi) is 5.69. The van der Waals surface area contributed by atoms with Crippen molar-refractivity contribution in [2.75, 3.05) is 19.0 Å². The van der Waals surface area contributed by atoms with Gasteiger partial charge in [0.1, 0.15) is 11.4 Å². The maximum Gasteiger partial charge on any atom is 0.256 e. The van der Waals surface area contributed by atoms with E-state index < -0.39 is 5.60 Å². The minimum Gasteiger partial charge on any atom is -0.493 e. The molecular formula is C19H29NO3. The van der Waals surface area contributed by atoms with Crippen molar-refractivity contribution in [2.24, 2.45) is 5.92 Å². The van der Waals surface area contributed by atoms with Gasteiger partial charge in [-0.25, -0.2) is 0 Å². The number of methoxy groups -OCH3 is 1. The van der Waals surface area contributed by atoms with E-state index in [2.05, 4.69) is 19.2 Å². The van der Waals surface area contributed by atoms with E-state index in [0.717, 1.165) is 48.2 Å². The Labute approximate surface area is 139 Å². The Morgan fingerprint density at radius 1 is 1.22 bits per heavy atom. The second kappa shape index (κ2) is 7.35. The summed E-state index contributed by atoms with van der Waals surface area (Å²) in [7, 11) is 1.63. The molecule has 0 saturated heterocycles. The zero-order valence-corrected chi connectivity index (χ0v) is 15.0. The average Bonchev–Trinajstić information content (AvgIpc) is 2.96. The SMILES string of the molecule is COC1(C(=O)Nc2cc(C)c(OCC(C)C)c(C)c2)CCCC1. The molecule has 0 bridgehead atoms. The van der Waals surface area contributed by atoms with Gasteiger partial charge in [0, 0.05) is 12.8 Å². The number of nitrogens with one attached hydrogen (secondary N) is 1. The minimum atomic E-state index is -0.658. The largest absolute Gasteiger partial charge is 0.493 e. The topological polar surface area (TPSA) is 47.6 Å². The van der Waals surface area contributed by atoms with Gasteiger partial charge in [-0.1, -0.05) is 13.8 Å². The minimum absolute atomic E-state index is 0.0350. The van der Waals surface area contributed by atoms with Crippen molar-refractivity contribution in [3.8, 4) is 5.75 Å². The van der Waals surface area contributed by atoms with Crippen molar-refractivity contribution in [1.29, 1.82) is 0 Å². The van der Waals surface area contributed by atoms with Crippen LogP contribution in [0, 0.1) is 19.8 Å². The van der Waals surface area contributed by atoms with E-state index in [-0.39, 0.29) is 5.91 Å². The fourth-order valence-corrected chi connectivity index (χ4v) is 3.22. The highest BCUT2D eigenvalue weighted by Gasteiger charge is 2.41. The number of hydrogen-bond donors (Lipinski definition) is 1. The molecule has 2 rings (SSSR count). The molecule has 0 aromatic heterocycles. The van der Waals surface area contributed by atoms with Crippen molar-refractivity contribution >= 4 is 11.6 Å². The van der Waals surface area contributed by atoms with Crippen molar-refractivity contribution in [1.82, 2.24) is 0 Å². The first-order chi connectivity index (χ1) is 10.9. The monoisotopic (exact) mass is 319 g/mol. The number of amides is 1. The molecule has 1 fully saturated rings. The van der Waals surface area contributed by atoms with Crippen LogP contribution in [-0.4, -0.2) is 25.2 Å². The van der Waals surface area contributed by atoms with E-state index in [1.54, 1.807) is 7.11 Å². The summed E-state index contributed by atoms with van der Waals surface area (Å²) in [4.78, 5) is 12.6. The lowest BCUT2D eigenvalue weighted by atomic mass is 10.0. The molecule has 0 atom stereocenters. The second-order valence-electron chi connectivity index (χ2n) is 7.00. The number of ether oxygens (including phenoxy) is 2. The standard InChI is InChI=1S/C19H29NO3/c1-13(2)12-23-17-14(3)10-16(11-15(17)4)20-18(21)19(22-5)8-6-7-9-19/h10-11,13H,6-9,12H2,1-5H3,(H,20,21). The van der Waals surface area contributed by atoms with Crippen molar-refractivity contribution < 1.29 is 14.3 Å². The summed E-state index contributed by atoms with van der Waals surface area (Å²) >= 11 is 0. The second-order valence-corrected chi connectivity index (χ2v) is 7.00. The molecule has 0 aliphatic heterocycles. The predicted octanol–water partition coefficient (Wildman–Crippen LogP) is 4.24. The molecule has 128 valence electrons. The Morgan fingerprint density at radius 2 is 1.78 bits per heavy atom. The lowest BCUT2D eigenvalue weighted by molar-refractivity contribution is -0.136. The Bertz CT molecular complexity index is 537. The number of rotatable bonds is 6. The summed E-state index contributed by atoms with van der Waals surface area (Å²) in [5.41, 5.74) is 2.23. The summed E-state index contributed by atoms with van der Waals surface area (Å²) < 4.78 is 11.4. The van der Waals surface area contributed by atoms with Gasteiger partial charge in [-0.3, -0.25) is 4.79 Å². The summed E-state index contributed by atoms with van der Waals surface area (Å²) in [5.74, 6) is 1.36. The normalized spacial score (nSPS) is 16.6. The number of benzene rings is 1. The van der Waals surface area contributed by atoms with Crippen LogP contribution in [0.4, 0.5) is 5.69 Å². The summed E-state index contributed by atoms with van der Waals surface area (Å²) in [6.45, 7) is 8.98. The molecule has 4 nitrogen and oxygen atoms in total. The average molecular weight is 319 g/mol. The molecule has 0 unspecified atom stereocenters. The van der Waals surface area contributed by atoms with Gasteiger partial charge in [0.05, 0.1) is 6.61 Å². The third kappa shape index (κ3) is 4.05. The van der Waals surface area contributed by atoms with E-state index >= 15 is 0 Å². The Morgan fingerprint density at radius 3 is 2.26 bits per heavy atom. The van der Waals surface area contributed by atoms with Crippen LogP contribution in [0.2, 0.25) is 0 Å². The van der Waals surface area contributed by atoms with E-state index in [1.807, 2.05) is 26.0 Å². The molecule has 1 saturated carbocycles. The first kappa shape index (κ1) is 17.8. The quantitative estimate of drug-likeness (QED) is 0.853. The highest BCUT2D eigenvalue weighted by atomic mass is 16.5. The first-order valence-corrected chi connectivity index (χ1v) is 8.48. The summed E-state index contributed by atoms with van der Waals surface area (Å²) in [6.07, 6.45) is 3.67. The number of carbonyl (C=O) groups excluding carboxylic acids is 1. The smallest absolute Gasteiger partial charge is 0.256 e. The molecule has 0 heterocycles. The van der Waals surface area contributed by atoms with Crippen molar-refractivity contribution in [3.63, 3.8) is 0 Å². The van der Waals surface area contributed by atoms with Crippen LogP contribution < -0.4 is 10.1 Å².